The number of hydrogen-bond donors (Lipinski definition) is 1. The largest absolute Gasteiger partial charge is 0.324 e. The van der Waals surface area contributed by atoms with Crippen LogP contribution in [0.5, 0.6) is 0 Å². The van der Waals surface area contributed by atoms with E-state index < -0.39 is 0 Å². The monoisotopic (exact) mass is 280 g/mol. The van der Waals surface area contributed by atoms with Crippen LogP contribution in [0.3, 0.4) is 0 Å². The van der Waals surface area contributed by atoms with E-state index in [0.29, 0.717) is 16.0 Å². The number of rotatable bonds is 2. The van der Waals surface area contributed by atoms with Gasteiger partial charge in [0, 0.05) is 24.0 Å². The van der Waals surface area contributed by atoms with Crippen LogP contribution in [0.1, 0.15) is 37.3 Å². The summed E-state index contributed by atoms with van der Waals surface area (Å²) in [4.78, 5) is 3.93. The van der Waals surface area contributed by atoms with Gasteiger partial charge in [-0.15, -0.1) is 12.4 Å². The number of halogens is 3. The van der Waals surface area contributed by atoms with Crippen molar-refractivity contribution in [3.8, 4) is 0 Å². The van der Waals surface area contributed by atoms with E-state index in [1.807, 2.05) is 0 Å². The van der Waals surface area contributed by atoms with E-state index in [9.17, 15) is 0 Å². The smallest absolute Gasteiger partial charge is 0.0652 e. The minimum Gasteiger partial charge on any atom is -0.324 e. The Morgan fingerprint density at radius 2 is 1.69 bits per heavy atom. The minimum absolute atomic E-state index is 0. The van der Waals surface area contributed by atoms with E-state index >= 15 is 0 Å². The van der Waals surface area contributed by atoms with Gasteiger partial charge in [0.25, 0.3) is 0 Å². The zero-order valence-electron chi connectivity index (χ0n) is 8.83. The Morgan fingerprint density at radius 1 is 1.19 bits per heavy atom. The Labute approximate surface area is 112 Å². The van der Waals surface area contributed by atoms with E-state index in [1.54, 1.807) is 12.4 Å². The third kappa shape index (κ3) is 2.80. The summed E-state index contributed by atoms with van der Waals surface area (Å²) in [5, 5.41) is 1.17. The van der Waals surface area contributed by atoms with Crippen LogP contribution in [-0.2, 0) is 0 Å². The zero-order chi connectivity index (χ0) is 10.8. The average Bonchev–Trinajstić information content (AvgIpc) is 2.69. The second-order valence-corrected chi connectivity index (χ2v) is 4.90. The first-order valence-corrected chi connectivity index (χ1v) is 6.00. The lowest BCUT2D eigenvalue weighted by Gasteiger charge is -2.21. The van der Waals surface area contributed by atoms with Crippen LogP contribution in [0.25, 0.3) is 0 Å². The van der Waals surface area contributed by atoms with Crippen molar-refractivity contribution in [1.82, 2.24) is 4.98 Å². The summed E-state index contributed by atoms with van der Waals surface area (Å²) >= 11 is 12.2. The molecule has 0 unspecified atom stereocenters. The van der Waals surface area contributed by atoms with Crippen molar-refractivity contribution in [2.45, 2.75) is 31.7 Å². The van der Waals surface area contributed by atoms with Crippen LogP contribution >= 0.6 is 35.6 Å². The number of nitrogens with zero attached hydrogens (tertiary/aromatic N) is 1. The highest BCUT2D eigenvalue weighted by molar-refractivity contribution is 6.35. The second kappa shape index (κ2) is 6.06. The van der Waals surface area contributed by atoms with Crippen molar-refractivity contribution >= 4 is 35.6 Å². The standard InChI is InChI=1S/C11H14Cl2N2.ClH/c12-8-5-15-6-9(13)10(8)11(14)7-3-1-2-4-7;/h5-7,11H,1-4,14H2;1H/t11-;/m0./s1. The number of nitrogens with two attached hydrogens (primary N) is 1. The van der Waals surface area contributed by atoms with Crippen LogP contribution in [-0.4, -0.2) is 4.98 Å². The van der Waals surface area contributed by atoms with Gasteiger partial charge in [-0.1, -0.05) is 36.0 Å². The van der Waals surface area contributed by atoms with Gasteiger partial charge in [0.05, 0.1) is 10.0 Å². The fraction of sp³-hybridized carbons (Fsp3) is 0.545. The summed E-state index contributed by atoms with van der Waals surface area (Å²) in [6, 6.07) is -0.0458. The second-order valence-electron chi connectivity index (χ2n) is 4.09. The molecule has 2 rings (SSSR count). The molecule has 16 heavy (non-hydrogen) atoms. The molecular formula is C11H15Cl3N2. The third-order valence-electron chi connectivity index (χ3n) is 3.13. The van der Waals surface area contributed by atoms with Crippen LogP contribution in [0.4, 0.5) is 0 Å². The molecule has 5 heteroatoms. The van der Waals surface area contributed by atoms with Crippen LogP contribution in [0.15, 0.2) is 12.4 Å². The molecule has 1 saturated carbocycles. The normalized spacial score (nSPS) is 18.2. The predicted octanol–water partition coefficient (Wildman–Crippen LogP) is 4.00. The van der Waals surface area contributed by atoms with Gasteiger partial charge in [-0.3, -0.25) is 4.98 Å². The van der Waals surface area contributed by atoms with Gasteiger partial charge < -0.3 is 5.73 Å². The maximum absolute atomic E-state index is 6.21. The molecule has 0 amide bonds. The molecule has 1 aromatic rings. The molecule has 2 nitrogen and oxygen atoms in total. The van der Waals surface area contributed by atoms with Crippen molar-refractivity contribution in [2.24, 2.45) is 11.7 Å². The summed E-state index contributed by atoms with van der Waals surface area (Å²) in [5.74, 6) is 0.516. The molecule has 0 aliphatic heterocycles. The van der Waals surface area contributed by atoms with Crippen molar-refractivity contribution in [3.05, 3.63) is 28.0 Å². The molecule has 1 aromatic heterocycles. The molecule has 0 bridgehead atoms. The van der Waals surface area contributed by atoms with Crippen molar-refractivity contribution in [2.75, 3.05) is 0 Å². The first-order chi connectivity index (χ1) is 7.20. The summed E-state index contributed by atoms with van der Waals surface area (Å²) in [5.41, 5.74) is 7.07. The molecule has 90 valence electrons. The van der Waals surface area contributed by atoms with Crippen LogP contribution in [0.2, 0.25) is 10.0 Å². The molecule has 2 N–H and O–H groups in total. The lowest BCUT2D eigenvalue weighted by molar-refractivity contribution is 0.445. The lowest BCUT2D eigenvalue weighted by Crippen LogP contribution is -2.20. The topological polar surface area (TPSA) is 38.9 Å². The van der Waals surface area contributed by atoms with Gasteiger partial charge in [-0.2, -0.15) is 0 Å². The van der Waals surface area contributed by atoms with Crippen molar-refractivity contribution < 1.29 is 0 Å². The molecule has 0 saturated heterocycles. The van der Waals surface area contributed by atoms with Crippen molar-refractivity contribution in [3.63, 3.8) is 0 Å². The quantitative estimate of drug-likeness (QED) is 0.890. The molecule has 1 atom stereocenters. The SMILES string of the molecule is Cl.N[C@H](c1c(Cl)cncc1Cl)C1CCCC1. The van der Waals surface area contributed by atoms with E-state index in [2.05, 4.69) is 4.98 Å². The molecule has 0 radical (unpaired) electrons. The fourth-order valence-electron chi connectivity index (χ4n) is 2.29. The minimum atomic E-state index is -0.0458. The Hall–Kier alpha value is -0.0200. The fourth-order valence-corrected chi connectivity index (χ4v) is 2.91. The maximum atomic E-state index is 6.21. The molecular weight excluding hydrogens is 266 g/mol. The first-order valence-electron chi connectivity index (χ1n) is 5.24. The van der Waals surface area contributed by atoms with Gasteiger partial charge in [0.15, 0.2) is 0 Å². The highest BCUT2D eigenvalue weighted by Gasteiger charge is 2.26. The van der Waals surface area contributed by atoms with Gasteiger partial charge >= 0.3 is 0 Å². The Kier molecular flexibility index (Phi) is 5.32. The summed E-state index contributed by atoms with van der Waals surface area (Å²) < 4.78 is 0. The third-order valence-corrected chi connectivity index (χ3v) is 3.73. The van der Waals surface area contributed by atoms with E-state index in [4.69, 9.17) is 28.9 Å². The highest BCUT2D eigenvalue weighted by atomic mass is 35.5. The number of pyridine rings is 1. The van der Waals surface area contributed by atoms with Gasteiger partial charge in [0.1, 0.15) is 0 Å². The lowest BCUT2D eigenvalue weighted by atomic mass is 9.93. The van der Waals surface area contributed by atoms with Crippen LogP contribution in [0, 0.1) is 5.92 Å². The summed E-state index contributed by atoms with van der Waals surface area (Å²) in [7, 11) is 0. The maximum Gasteiger partial charge on any atom is 0.0652 e. The summed E-state index contributed by atoms with van der Waals surface area (Å²) in [6.45, 7) is 0. The molecule has 0 spiro atoms. The van der Waals surface area contributed by atoms with Gasteiger partial charge in [-0.05, 0) is 18.8 Å². The molecule has 1 aliphatic rings. The molecule has 1 heterocycles. The first kappa shape index (κ1) is 14.0. The van der Waals surface area contributed by atoms with Gasteiger partial charge in [-0.25, -0.2) is 0 Å². The van der Waals surface area contributed by atoms with Crippen LogP contribution < -0.4 is 5.73 Å². The predicted molar refractivity (Wildman–Crippen MR) is 70.4 cm³/mol. The zero-order valence-corrected chi connectivity index (χ0v) is 11.2. The van der Waals surface area contributed by atoms with E-state index in [-0.39, 0.29) is 18.4 Å². The van der Waals surface area contributed by atoms with Crippen molar-refractivity contribution in [1.29, 1.82) is 0 Å². The molecule has 1 fully saturated rings. The Morgan fingerprint density at radius 3 is 2.19 bits per heavy atom. The molecule has 0 aromatic carbocycles. The molecule has 1 aliphatic carbocycles. The van der Waals surface area contributed by atoms with E-state index in [0.717, 1.165) is 5.56 Å². The Bertz CT molecular complexity index is 331. The highest BCUT2D eigenvalue weighted by Crippen LogP contribution is 2.38. The van der Waals surface area contributed by atoms with Gasteiger partial charge in [0.2, 0.25) is 0 Å². The number of aromatic nitrogens is 1. The average molecular weight is 282 g/mol. The van der Waals surface area contributed by atoms with E-state index in [1.165, 1.54) is 25.7 Å². The summed E-state index contributed by atoms with van der Waals surface area (Å²) in [6.07, 6.45) is 8.10. The Balaban J connectivity index is 0.00000128. The number of hydrogen-bond acceptors (Lipinski definition) is 2.